The Labute approximate surface area is 116 Å². The Morgan fingerprint density at radius 2 is 1.95 bits per heavy atom. The zero-order chi connectivity index (χ0) is 14.5. The maximum Gasteiger partial charge on any atom is 0.227 e. The predicted molar refractivity (Wildman–Crippen MR) is 76.5 cm³/mol. The molecule has 1 fully saturated rings. The molecule has 1 aliphatic rings. The van der Waals surface area contributed by atoms with Gasteiger partial charge in [-0.25, -0.2) is 8.42 Å². The summed E-state index contributed by atoms with van der Waals surface area (Å²) in [4.78, 5) is 12.2. The summed E-state index contributed by atoms with van der Waals surface area (Å²) in [5, 5.41) is 2.85. The van der Waals surface area contributed by atoms with Crippen molar-refractivity contribution in [2.45, 2.75) is 39.0 Å². The molecule has 0 aromatic carbocycles. The Balaban J connectivity index is 2.42. The molecule has 0 radical (unpaired) electrons. The van der Waals surface area contributed by atoms with Gasteiger partial charge in [0, 0.05) is 19.3 Å². The number of nitrogens with two attached hydrogens (primary N) is 1. The second-order valence-electron chi connectivity index (χ2n) is 5.91. The van der Waals surface area contributed by atoms with E-state index in [1.807, 2.05) is 0 Å². The highest BCUT2D eigenvalue weighted by Crippen LogP contribution is 2.38. The molecule has 0 aromatic rings. The van der Waals surface area contributed by atoms with E-state index in [0.717, 1.165) is 25.7 Å². The zero-order valence-corrected chi connectivity index (χ0v) is 12.8. The first-order valence-electron chi connectivity index (χ1n) is 6.95. The molecular weight excluding hydrogens is 264 g/mol. The summed E-state index contributed by atoms with van der Waals surface area (Å²) in [5.41, 5.74) is 5.37. The van der Waals surface area contributed by atoms with Gasteiger partial charge in [-0.05, 0) is 38.0 Å². The largest absolute Gasteiger partial charge is 0.356 e. The second-order valence-corrected chi connectivity index (χ2v) is 8.17. The first-order valence-corrected chi connectivity index (χ1v) is 9.01. The van der Waals surface area contributed by atoms with E-state index in [1.165, 1.54) is 6.26 Å². The van der Waals surface area contributed by atoms with Crippen LogP contribution in [0.1, 0.15) is 39.0 Å². The molecule has 6 heteroatoms. The number of hydrogen-bond acceptors (Lipinski definition) is 4. The van der Waals surface area contributed by atoms with Gasteiger partial charge >= 0.3 is 0 Å². The van der Waals surface area contributed by atoms with E-state index in [1.54, 1.807) is 0 Å². The molecule has 0 bridgehead atoms. The van der Waals surface area contributed by atoms with Crippen LogP contribution in [0.25, 0.3) is 0 Å². The molecule has 0 unspecified atom stereocenters. The Morgan fingerprint density at radius 1 is 1.37 bits per heavy atom. The zero-order valence-electron chi connectivity index (χ0n) is 11.9. The van der Waals surface area contributed by atoms with Gasteiger partial charge in [-0.2, -0.15) is 0 Å². The molecule has 1 aliphatic carbocycles. The Kier molecular flexibility index (Phi) is 5.80. The van der Waals surface area contributed by atoms with Crippen molar-refractivity contribution in [1.29, 1.82) is 0 Å². The third-order valence-electron chi connectivity index (χ3n) is 4.08. The lowest BCUT2D eigenvalue weighted by molar-refractivity contribution is -0.132. The van der Waals surface area contributed by atoms with Crippen LogP contribution in [-0.4, -0.2) is 39.4 Å². The monoisotopic (exact) mass is 290 g/mol. The summed E-state index contributed by atoms with van der Waals surface area (Å²) in [7, 11) is -2.95. The summed E-state index contributed by atoms with van der Waals surface area (Å²) in [6, 6.07) is 0. The van der Waals surface area contributed by atoms with Crippen molar-refractivity contribution >= 4 is 15.7 Å². The van der Waals surface area contributed by atoms with E-state index in [-0.39, 0.29) is 11.7 Å². The Bertz CT molecular complexity index is 398. The van der Waals surface area contributed by atoms with Crippen molar-refractivity contribution in [2.24, 2.45) is 17.1 Å². The van der Waals surface area contributed by atoms with Crippen LogP contribution in [0.3, 0.4) is 0 Å². The fraction of sp³-hybridized carbons (Fsp3) is 0.923. The van der Waals surface area contributed by atoms with Gasteiger partial charge in [0.15, 0.2) is 0 Å². The summed E-state index contributed by atoms with van der Waals surface area (Å²) >= 11 is 0. The van der Waals surface area contributed by atoms with Gasteiger partial charge in [0.1, 0.15) is 9.84 Å². The van der Waals surface area contributed by atoms with Crippen LogP contribution < -0.4 is 11.1 Å². The molecule has 19 heavy (non-hydrogen) atoms. The van der Waals surface area contributed by atoms with E-state index >= 15 is 0 Å². The normalized spacial score (nSPS) is 28.1. The molecule has 3 N–H and O–H groups in total. The SMILES string of the molecule is CC1CCC(CN)(C(=O)NCCCS(C)(=O)=O)CC1. The minimum atomic E-state index is -2.95. The molecule has 1 rings (SSSR count). The van der Waals surface area contributed by atoms with Crippen LogP contribution in [0.5, 0.6) is 0 Å². The fourth-order valence-electron chi connectivity index (χ4n) is 2.56. The van der Waals surface area contributed by atoms with Crippen molar-refractivity contribution in [2.75, 3.05) is 25.1 Å². The topological polar surface area (TPSA) is 89.3 Å². The highest BCUT2D eigenvalue weighted by atomic mass is 32.2. The van der Waals surface area contributed by atoms with Crippen molar-refractivity contribution in [1.82, 2.24) is 5.32 Å². The van der Waals surface area contributed by atoms with Crippen molar-refractivity contribution in [3.05, 3.63) is 0 Å². The third-order valence-corrected chi connectivity index (χ3v) is 5.11. The standard InChI is InChI=1S/C13H26N2O3S/c1-11-4-6-13(10-14,7-5-11)12(16)15-8-3-9-19(2,17)18/h11H,3-10,14H2,1-2H3,(H,15,16). The van der Waals surface area contributed by atoms with Crippen molar-refractivity contribution in [3.8, 4) is 0 Å². The summed E-state index contributed by atoms with van der Waals surface area (Å²) in [6.07, 6.45) is 5.41. The third kappa shape index (κ3) is 5.10. The number of carbonyl (C=O) groups is 1. The van der Waals surface area contributed by atoms with Gasteiger partial charge in [0.2, 0.25) is 5.91 Å². The van der Waals surface area contributed by atoms with Crippen LogP contribution in [0.2, 0.25) is 0 Å². The number of amides is 1. The van der Waals surface area contributed by atoms with Gasteiger partial charge in [-0.1, -0.05) is 6.92 Å². The van der Waals surface area contributed by atoms with Crippen molar-refractivity contribution < 1.29 is 13.2 Å². The van der Waals surface area contributed by atoms with Crippen LogP contribution in [0.4, 0.5) is 0 Å². The quantitative estimate of drug-likeness (QED) is 0.704. The smallest absolute Gasteiger partial charge is 0.227 e. The fourth-order valence-corrected chi connectivity index (χ4v) is 3.23. The average Bonchev–Trinajstić information content (AvgIpc) is 2.34. The van der Waals surface area contributed by atoms with Crippen LogP contribution in [-0.2, 0) is 14.6 Å². The molecule has 1 saturated carbocycles. The van der Waals surface area contributed by atoms with Gasteiger partial charge in [-0.15, -0.1) is 0 Å². The summed E-state index contributed by atoms with van der Waals surface area (Å²) < 4.78 is 22.0. The molecule has 0 spiro atoms. The number of sulfone groups is 1. The first-order chi connectivity index (χ1) is 8.79. The van der Waals surface area contributed by atoms with Gasteiger partial charge in [0.25, 0.3) is 0 Å². The molecule has 1 amide bonds. The number of nitrogens with one attached hydrogen (secondary N) is 1. The predicted octanol–water partition coefficient (Wildman–Crippen LogP) is 0.693. The lowest BCUT2D eigenvalue weighted by Crippen LogP contribution is -2.48. The van der Waals surface area contributed by atoms with Crippen LogP contribution >= 0.6 is 0 Å². The molecule has 5 nitrogen and oxygen atoms in total. The Morgan fingerprint density at radius 3 is 2.42 bits per heavy atom. The lowest BCUT2D eigenvalue weighted by Gasteiger charge is -2.37. The average molecular weight is 290 g/mol. The highest BCUT2D eigenvalue weighted by Gasteiger charge is 2.39. The van der Waals surface area contributed by atoms with E-state index in [0.29, 0.717) is 25.4 Å². The minimum Gasteiger partial charge on any atom is -0.356 e. The Hall–Kier alpha value is -0.620. The van der Waals surface area contributed by atoms with E-state index in [4.69, 9.17) is 5.73 Å². The maximum absolute atomic E-state index is 12.2. The van der Waals surface area contributed by atoms with Gasteiger partial charge < -0.3 is 11.1 Å². The van der Waals surface area contributed by atoms with E-state index in [9.17, 15) is 13.2 Å². The first kappa shape index (κ1) is 16.4. The molecule has 0 aliphatic heterocycles. The molecule has 0 saturated heterocycles. The molecule has 0 aromatic heterocycles. The van der Waals surface area contributed by atoms with E-state index in [2.05, 4.69) is 12.2 Å². The summed E-state index contributed by atoms with van der Waals surface area (Å²) in [6.45, 7) is 2.98. The molecule has 0 atom stereocenters. The van der Waals surface area contributed by atoms with Gasteiger partial charge in [0.05, 0.1) is 11.2 Å². The minimum absolute atomic E-state index is 0.00426. The van der Waals surface area contributed by atoms with Gasteiger partial charge in [-0.3, -0.25) is 4.79 Å². The summed E-state index contributed by atoms with van der Waals surface area (Å²) in [5.74, 6) is 0.771. The lowest BCUT2D eigenvalue weighted by atomic mass is 9.70. The number of hydrogen-bond donors (Lipinski definition) is 2. The molecular formula is C13H26N2O3S. The molecule has 0 heterocycles. The van der Waals surface area contributed by atoms with Crippen molar-refractivity contribution in [3.63, 3.8) is 0 Å². The number of carbonyl (C=O) groups excluding carboxylic acids is 1. The number of rotatable bonds is 6. The van der Waals surface area contributed by atoms with Crippen LogP contribution in [0, 0.1) is 11.3 Å². The van der Waals surface area contributed by atoms with E-state index < -0.39 is 15.3 Å². The maximum atomic E-state index is 12.2. The highest BCUT2D eigenvalue weighted by molar-refractivity contribution is 7.90. The molecule has 112 valence electrons. The second kappa shape index (κ2) is 6.70. The van der Waals surface area contributed by atoms with Crippen LogP contribution in [0.15, 0.2) is 0 Å².